The lowest BCUT2D eigenvalue weighted by Gasteiger charge is -2.10. The van der Waals surface area contributed by atoms with Gasteiger partial charge in [-0.15, -0.1) is 0 Å². The minimum Gasteiger partial charge on any atom is -0.455 e. The Hall–Kier alpha value is -1.65. The molecule has 2 rings (SSSR count). The lowest BCUT2D eigenvalue weighted by molar-refractivity contribution is 0.471. The van der Waals surface area contributed by atoms with Crippen molar-refractivity contribution >= 4 is 11.6 Å². The molecule has 94 valence electrons. The van der Waals surface area contributed by atoms with E-state index in [1.54, 1.807) is 18.3 Å². The molecule has 1 aromatic carbocycles. The van der Waals surface area contributed by atoms with Crippen LogP contribution in [0, 0.1) is 5.82 Å². The van der Waals surface area contributed by atoms with Gasteiger partial charge in [0.25, 0.3) is 0 Å². The van der Waals surface area contributed by atoms with Gasteiger partial charge in [-0.25, -0.2) is 4.39 Å². The van der Waals surface area contributed by atoms with E-state index in [9.17, 15) is 4.39 Å². The SMILES string of the molecule is NCCc1cc(F)ccc1Oc1cncc(Cl)c1. The summed E-state index contributed by atoms with van der Waals surface area (Å²) in [5, 5.41) is 0.481. The minimum atomic E-state index is -0.310. The Morgan fingerprint density at radius 3 is 2.83 bits per heavy atom. The number of benzene rings is 1. The minimum absolute atomic E-state index is 0.310. The van der Waals surface area contributed by atoms with Crippen molar-refractivity contribution in [3.63, 3.8) is 0 Å². The van der Waals surface area contributed by atoms with Gasteiger partial charge in [-0.1, -0.05) is 11.6 Å². The van der Waals surface area contributed by atoms with Crippen LogP contribution in [-0.2, 0) is 6.42 Å². The molecule has 1 aromatic heterocycles. The Labute approximate surface area is 109 Å². The van der Waals surface area contributed by atoms with Gasteiger partial charge in [-0.3, -0.25) is 4.98 Å². The molecule has 3 nitrogen and oxygen atoms in total. The number of halogens is 2. The molecule has 0 aliphatic heterocycles. The average Bonchev–Trinajstić information content (AvgIpc) is 2.33. The van der Waals surface area contributed by atoms with Gasteiger partial charge in [-0.05, 0) is 36.7 Å². The van der Waals surface area contributed by atoms with Crippen molar-refractivity contribution in [3.8, 4) is 11.5 Å². The van der Waals surface area contributed by atoms with Crippen molar-refractivity contribution in [3.05, 3.63) is 53.1 Å². The van der Waals surface area contributed by atoms with E-state index >= 15 is 0 Å². The molecule has 0 bridgehead atoms. The number of nitrogens with two attached hydrogens (primary N) is 1. The third-order valence-electron chi connectivity index (χ3n) is 2.34. The Kier molecular flexibility index (Phi) is 4.12. The van der Waals surface area contributed by atoms with Crippen molar-refractivity contribution in [2.24, 2.45) is 5.73 Å². The van der Waals surface area contributed by atoms with Crippen LogP contribution in [0.25, 0.3) is 0 Å². The van der Waals surface area contributed by atoms with Gasteiger partial charge in [0.05, 0.1) is 11.2 Å². The highest BCUT2D eigenvalue weighted by Gasteiger charge is 2.06. The Morgan fingerprint density at radius 2 is 2.11 bits per heavy atom. The Balaban J connectivity index is 2.28. The highest BCUT2D eigenvalue weighted by molar-refractivity contribution is 6.30. The fraction of sp³-hybridized carbons (Fsp3) is 0.154. The number of ether oxygens (including phenoxy) is 1. The first-order valence-corrected chi connectivity index (χ1v) is 5.84. The third kappa shape index (κ3) is 3.18. The number of pyridine rings is 1. The number of rotatable bonds is 4. The molecule has 2 N–H and O–H groups in total. The lowest BCUT2D eigenvalue weighted by atomic mass is 10.1. The van der Waals surface area contributed by atoms with Crippen LogP contribution in [0.5, 0.6) is 11.5 Å². The van der Waals surface area contributed by atoms with Gasteiger partial charge in [-0.2, -0.15) is 0 Å². The lowest BCUT2D eigenvalue weighted by Crippen LogP contribution is -2.04. The predicted octanol–water partition coefficient (Wildman–Crippen LogP) is 3.17. The summed E-state index contributed by atoms with van der Waals surface area (Å²) in [7, 11) is 0. The quantitative estimate of drug-likeness (QED) is 0.925. The molecule has 18 heavy (non-hydrogen) atoms. The predicted molar refractivity (Wildman–Crippen MR) is 68.5 cm³/mol. The first kappa shape index (κ1) is 12.8. The maximum Gasteiger partial charge on any atom is 0.147 e. The van der Waals surface area contributed by atoms with Crippen molar-refractivity contribution in [1.29, 1.82) is 0 Å². The van der Waals surface area contributed by atoms with Crippen molar-refractivity contribution < 1.29 is 9.13 Å². The summed E-state index contributed by atoms with van der Waals surface area (Å²) >= 11 is 5.81. The summed E-state index contributed by atoms with van der Waals surface area (Å²) in [6.45, 7) is 0.424. The number of hydrogen-bond acceptors (Lipinski definition) is 3. The van der Waals surface area contributed by atoms with E-state index < -0.39 is 0 Å². The normalized spacial score (nSPS) is 10.4. The molecule has 0 aliphatic rings. The second-order valence-corrected chi connectivity index (χ2v) is 4.17. The molecule has 0 radical (unpaired) electrons. The molecule has 0 atom stereocenters. The second kappa shape index (κ2) is 5.80. The zero-order chi connectivity index (χ0) is 13.0. The van der Waals surface area contributed by atoms with E-state index in [-0.39, 0.29) is 5.82 Å². The van der Waals surface area contributed by atoms with Gasteiger partial charge >= 0.3 is 0 Å². The highest BCUT2D eigenvalue weighted by atomic mass is 35.5. The summed E-state index contributed by atoms with van der Waals surface area (Å²) in [5.74, 6) is 0.758. The highest BCUT2D eigenvalue weighted by Crippen LogP contribution is 2.27. The fourth-order valence-electron chi connectivity index (χ4n) is 1.57. The topological polar surface area (TPSA) is 48.1 Å². The summed E-state index contributed by atoms with van der Waals surface area (Å²) in [6, 6.07) is 5.97. The molecule has 0 fully saturated rings. The molecule has 0 aliphatic carbocycles. The van der Waals surface area contributed by atoms with E-state index in [1.165, 1.54) is 18.3 Å². The van der Waals surface area contributed by atoms with Crippen molar-refractivity contribution in [2.75, 3.05) is 6.54 Å². The van der Waals surface area contributed by atoms with Crippen molar-refractivity contribution in [1.82, 2.24) is 4.98 Å². The fourth-order valence-corrected chi connectivity index (χ4v) is 1.74. The monoisotopic (exact) mass is 266 g/mol. The third-order valence-corrected chi connectivity index (χ3v) is 2.55. The van der Waals surface area contributed by atoms with E-state index in [0.717, 1.165) is 5.56 Å². The van der Waals surface area contributed by atoms with Gasteiger partial charge in [0.15, 0.2) is 0 Å². The number of hydrogen-bond donors (Lipinski definition) is 1. The van der Waals surface area contributed by atoms with E-state index in [2.05, 4.69) is 4.98 Å². The van der Waals surface area contributed by atoms with Crippen LogP contribution in [0.1, 0.15) is 5.56 Å². The summed E-state index contributed by atoms with van der Waals surface area (Å²) in [4.78, 5) is 3.92. The van der Waals surface area contributed by atoms with E-state index in [1.807, 2.05) is 0 Å². The average molecular weight is 267 g/mol. The van der Waals surface area contributed by atoms with Crippen molar-refractivity contribution in [2.45, 2.75) is 6.42 Å². The van der Waals surface area contributed by atoms with Crippen LogP contribution in [-0.4, -0.2) is 11.5 Å². The zero-order valence-corrected chi connectivity index (χ0v) is 10.3. The van der Waals surface area contributed by atoms with Crippen LogP contribution in [0.2, 0.25) is 5.02 Å². The summed E-state index contributed by atoms with van der Waals surface area (Å²) < 4.78 is 18.8. The maximum absolute atomic E-state index is 13.1. The maximum atomic E-state index is 13.1. The van der Waals surface area contributed by atoms with Crippen LogP contribution >= 0.6 is 11.6 Å². The molecule has 0 saturated carbocycles. The van der Waals surface area contributed by atoms with Crippen LogP contribution in [0.4, 0.5) is 4.39 Å². The van der Waals surface area contributed by atoms with Crippen LogP contribution in [0.3, 0.4) is 0 Å². The number of aromatic nitrogens is 1. The number of nitrogens with zero attached hydrogens (tertiary/aromatic N) is 1. The Bertz CT molecular complexity index is 548. The molecule has 0 amide bonds. The molecule has 0 spiro atoms. The van der Waals surface area contributed by atoms with E-state index in [4.69, 9.17) is 22.1 Å². The molecule has 0 unspecified atom stereocenters. The summed E-state index contributed by atoms with van der Waals surface area (Å²) in [6.07, 6.45) is 3.60. The standard InChI is InChI=1S/C13H12ClFN2O/c14-10-6-12(8-17-7-10)18-13-2-1-11(15)5-9(13)3-4-16/h1-2,5-8H,3-4,16H2. The largest absolute Gasteiger partial charge is 0.455 e. The molecule has 2 aromatic rings. The molecular weight excluding hydrogens is 255 g/mol. The van der Waals surface area contributed by atoms with Crippen LogP contribution in [0.15, 0.2) is 36.7 Å². The first-order valence-electron chi connectivity index (χ1n) is 5.46. The first-order chi connectivity index (χ1) is 8.69. The summed E-state index contributed by atoms with van der Waals surface area (Å²) in [5.41, 5.74) is 6.21. The molecule has 1 heterocycles. The molecular formula is C13H12ClFN2O. The van der Waals surface area contributed by atoms with Gasteiger partial charge in [0, 0.05) is 12.3 Å². The van der Waals surface area contributed by atoms with Crippen LogP contribution < -0.4 is 10.5 Å². The molecule has 0 saturated heterocycles. The second-order valence-electron chi connectivity index (χ2n) is 3.73. The van der Waals surface area contributed by atoms with Gasteiger partial charge in [0.2, 0.25) is 0 Å². The van der Waals surface area contributed by atoms with Gasteiger partial charge in [0.1, 0.15) is 17.3 Å². The Morgan fingerprint density at radius 1 is 1.28 bits per heavy atom. The van der Waals surface area contributed by atoms with Gasteiger partial charge < -0.3 is 10.5 Å². The molecule has 5 heteroatoms. The zero-order valence-electron chi connectivity index (χ0n) is 9.57. The smallest absolute Gasteiger partial charge is 0.147 e. The van der Waals surface area contributed by atoms with E-state index in [0.29, 0.717) is 29.5 Å².